The average molecular weight is 1010 g/mol. The van der Waals surface area contributed by atoms with Gasteiger partial charge in [0, 0.05) is 37.1 Å². The summed E-state index contributed by atoms with van der Waals surface area (Å²) in [5.41, 5.74) is 10.2. The van der Waals surface area contributed by atoms with Crippen molar-refractivity contribution in [2.45, 2.75) is 0 Å². The number of aromatic nitrogens is 12. The first kappa shape index (κ1) is 59.0. The van der Waals surface area contributed by atoms with E-state index in [1.54, 1.807) is 108 Å². The number of amides is 3. The Morgan fingerprint density at radius 3 is 1.37 bits per heavy atom. The molecule has 8 aromatic rings. The van der Waals surface area contributed by atoms with Crippen LogP contribution >= 0.6 is 48.3 Å². The van der Waals surface area contributed by atoms with Crippen LogP contribution in [0, 0.1) is 14.3 Å². The van der Waals surface area contributed by atoms with Gasteiger partial charge in [-0.05, 0) is 116 Å². The van der Waals surface area contributed by atoms with Crippen molar-refractivity contribution in [3.8, 4) is 28.6 Å². The maximum absolute atomic E-state index is 11.9. The van der Waals surface area contributed by atoms with Gasteiger partial charge in [-0.25, -0.2) is 39.8 Å². The van der Waals surface area contributed by atoms with Crippen LogP contribution in [0.5, 0.6) is 11.5 Å². The van der Waals surface area contributed by atoms with Crippen molar-refractivity contribution in [3.05, 3.63) is 148 Å². The maximum Gasteiger partial charge on any atom is 1.00 e. The van der Waals surface area contributed by atoms with Crippen LogP contribution < -0.4 is 71.9 Å². The van der Waals surface area contributed by atoms with Gasteiger partial charge in [0.1, 0.15) is 11.5 Å². The first-order chi connectivity index (χ1) is 32.0. The summed E-state index contributed by atoms with van der Waals surface area (Å²) < 4.78 is 15.2. The first-order valence-corrected chi connectivity index (χ1v) is 19.5. The standard InChI is InChI=1S/C14H11N5O2S.C8H8N6O2S.C7H5ClO2.C7H7N5S.CH3O.B.H3NO.Na/c20-14(21-12-7-2-1-3-8-12)15-10-5-4-6-11(9-10)19-13(22)16-17-18-19;15-7(11-16)9-5-2-1-3-6(4-5)14-8(17)10-12-13-14;8-7(9)10-6-4-2-1-3-5-6;8-5-2-1-3-6(4-5)12-7(13)9-10-11-12;1-2;;1-2;/h1-9H,(H,15,20)(H,16,18,22);1-4,16H,(H2,9,11,15)(H,10,13,17);1-5H;1-4H,8H2,(H,9,11,13);1H3;;2H,1H2;/q;;;;-1;;;+1. The summed E-state index contributed by atoms with van der Waals surface area (Å²) in [4.78, 5) is 32.9. The molecule has 0 bridgehead atoms. The number of urea groups is 1. The number of rotatable bonds is 7. The van der Waals surface area contributed by atoms with Gasteiger partial charge in [-0.1, -0.05) is 85.5 Å². The van der Waals surface area contributed by atoms with Gasteiger partial charge in [-0.3, -0.25) is 10.5 Å². The molecule has 0 fully saturated rings. The Kier molecular flexibility index (Phi) is 28.3. The minimum atomic E-state index is -0.814. The molecule has 31 heteroatoms. The van der Waals surface area contributed by atoms with Crippen LogP contribution in [0.15, 0.2) is 133 Å². The van der Waals surface area contributed by atoms with Gasteiger partial charge in [0.2, 0.25) is 14.3 Å². The molecule has 12 N–H and O–H groups in total. The number of ether oxygens (including phenoxy) is 2. The van der Waals surface area contributed by atoms with Crippen LogP contribution in [0.3, 0.4) is 0 Å². The number of para-hydroxylation sites is 2. The van der Waals surface area contributed by atoms with E-state index in [2.05, 4.69) is 67.8 Å². The SMILES string of the molecule is C[O-].NO.Nc1cccc(-n2[nH]nnc2=S)c1.O=C(Cl)Oc1ccccc1.O=C(NO)Nc1cccc(-n2[nH]nnc2=S)c1.O=C(Nc1cccc(-n2[nH]nnc2=S)c1)Oc1ccccc1.[B].[Na+]. The first-order valence-electron chi connectivity index (χ1n) is 17.9. The number of hydroxylamine groups is 1. The Hall–Kier alpha value is -7.03. The van der Waals surface area contributed by atoms with Crippen molar-refractivity contribution in [2.75, 3.05) is 23.5 Å². The van der Waals surface area contributed by atoms with Crippen molar-refractivity contribution in [1.29, 1.82) is 0 Å². The molecular weight excluding hydrogens is 976 g/mol. The quantitative estimate of drug-likeness (QED) is 0.0273. The van der Waals surface area contributed by atoms with E-state index in [1.807, 2.05) is 30.3 Å². The van der Waals surface area contributed by atoms with Gasteiger partial charge in [0.15, 0.2) is 0 Å². The van der Waals surface area contributed by atoms with E-state index in [0.717, 1.165) is 12.8 Å². The largest absolute Gasteiger partial charge is 1.00 e. The van der Waals surface area contributed by atoms with E-state index < -0.39 is 17.6 Å². The Bertz CT molecular complexity index is 2910. The average Bonchev–Trinajstić information content (AvgIpc) is 4.10. The van der Waals surface area contributed by atoms with Gasteiger partial charge < -0.3 is 30.8 Å². The third-order valence-electron chi connectivity index (χ3n) is 7.25. The molecule has 5 aromatic carbocycles. The Morgan fingerprint density at radius 1 is 0.618 bits per heavy atom. The van der Waals surface area contributed by atoms with Crippen LogP contribution in [-0.4, -0.2) is 104 Å². The van der Waals surface area contributed by atoms with Crippen molar-refractivity contribution < 1.29 is 68.9 Å². The molecule has 8 rings (SSSR count). The molecule has 0 aliphatic carbocycles. The van der Waals surface area contributed by atoms with Gasteiger partial charge in [-0.2, -0.15) is 22.7 Å². The fraction of sp³-hybridized carbons (Fsp3) is 0.0270. The molecule has 0 atom stereocenters. The normalized spacial score (nSPS) is 9.21. The number of hydrogen-bond donors (Lipinski definition) is 10. The maximum atomic E-state index is 11.9. The number of nitrogens with one attached hydrogen (secondary N) is 6. The van der Waals surface area contributed by atoms with Gasteiger partial charge >= 0.3 is 47.1 Å². The molecule has 0 aliphatic heterocycles. The van der Waals surface area contributed by atoms with Crippen molar-refractivity contribution >= 4 is 91.3 Å². The molecule has 0 saturated carbocycles. The second kappa shape index (κ2) is 32.6. The van der Waals surface area contributed by atoms with E-state index in [1.165, 1.54) is 14.8 Å². The van der Waals surface area contributed by atoms with Crippen LogP contribution in [0.1, 0.15) is 0 Å². The monoisotopic (exact) mass is 1010 g/mol. The third-order valence-corrected chi connectivity index (χ3v) is 8.12. The third kappa shape index (κ3) is 20.2. The van der Waals surface area contributed by atoms with Crippen molar-refractivity contribution in [1.82, 2.24) is 66.1 Å². The summed E-state index contributed by atoms with van der Waals surface area (Å²) >= 11 is 19.8. The van der Waals surface area contributed by atoms with Crippen LogP contribution in [-0.2, 0) is 0 Å². The molecule has 0 unspecified atom stereocenters. The van der Waals surface area contributed by atoms with E-state index in [9.17, 15) is 14.4 Å². The summed E-state index contributed by atoms with van der Waals surface area (Å²) in [7, 11) is 0.750. The number of nitrogens with two attached hydrogens (primary N) is 2. The topological polar surface area (TPSA) is 361 Å². The molecule has 0 spiro atoms. The number of hydrogen-bond acceptors (Lipinski definition) is 19. The number of halogens is 1. The Balaban J connectivity index is 0.000000453. The molecule has 347 valence electrons. The molecular formula is C37H37BClN17NaO8S3. The molecule has 25 nitrogen and oxygen atoms in total. The zero-order valence-electron chi connectivity index (χ0n) is 35.4. The number of benzene rings is 5. The minimum absolute atomic E-state index is 0. The van der Waals surface area contributed by atoms with Gasteiger partial charge in [0.05, 0.1) is 17.1 Å². The molecule has 68 heavy (non-hydrogen) atoms. The number of carbonyl (C=O) groups is 3. The van der Waals surface area contributed by atoms with E-state index in [4.69, 9.17) is 74.2 Å². The van der Waals surface area contributed by atoms with Crippen molar-refractivity contribution in [3.63, 3.8) is 0 Å². The Labute approximate surface area is 429 Å². The number of tetrazole rings is 3. The molecule has 3 radical (unpaired) electrons. The second-order valence-electron chi connectivity index (χ2n) is 11.5. The van der Waals surface area contributed by atoms with E-state index in [-0.39, 0.29) is 42.7 Å². The summed E-state index contributed by atoms with van der Waals surface area (Å²) in [6, 6.07) is 37.9. The number of H-pyrrole nitrogens is 3. The summed E-state index contributed by atoms with van der Waals surface area (Å²) in [5.74, 6) is 4.43. The number of nitrogen functional groups attached to an aromatic ring is 1. The van der Waals surface area contributed by atoms with Crippen molar-refractivity contribution in [2.24, 2.45) is 5.90 Å². The van der Waals surface area contributed by atoms with Crippen LogP contribution in [0.2, 0.25) is 0 Å². The second-order valence-corrected chi connectivity index (χ2v) is 12.9. The van der Waals surface area contributed by atoms with Gasteiger partial charge in [0.25, 0.3) is 0 Å². The molecule has 0 aliphatic rings. The Morgan fingerprint density at radius 2 is 1.00 bits per heavy atom. The summed E-state index contributed by atoms with van der Waals surface area (Å²) in [5, 5.41) is 57.8. The van der Waals surface area contributed by atoms with E-state index >= 15 is 0 Å². The fourth-order valence-electron chi connectivity index (χ4n) is 4.69. The molecule has 0 saturated heterocycles. The van der Waals surface area contributed by atoms with Crippen LogP contribution in [0.4, 0.5) is 31.4 Å². The number of carbonyl (C=O) groups excluding carboxylic acids is 3. The van der Waals surface area contributed by atoms with Crippen LogP contribution in [0.25, 0.3) is 17.1 Å². The number of nitrogens with zero attached hydrogens (tertiary/aromatic N) is 9. The molecule has 3 heterocycles. The van der Waals surface area contributed by atoms with E-state index in [0.29, 0.717) is 49.5 Å². The zero-order valence-corrected chi connectivity index (χ0v) is 40.6. The summed E-state index contributed by atoms with van der Waals surface area (Å²) in [6.07, 6.45) is -0.574. The smallest absolute Gasteiger partial charge is 0.857 e. The number of aromatic amines is 3. The molecule has 3 amide bonds. The zero-order chi connectivity index (χ0) is 48.3. The molecule has 3 aromatic heterocycles. The van der Waals surface area contributed by atoms with Gasteiger partial charge in [-0.15, -0.1) is 0 Å². The summed E-state index contributed by atoms with van der Waals surface area (Å²) in [6.45, 7) is 0. The number of anilines is 3. The predicted molar refractivity (Wildman–Crippen MR) is 250 cm³/mol. The minimum Gasteiger partial charge on any atom is -0.857 e. The predicted octanol–water partition coefficient (Wildman–Crippen LogP) is 2.04. The fourth-order valence-corrected chi connectivity index (χ4v) is 5.34.